The Bertz CT molecular complexity index is 2890. The van der Waals surface area contributed by atoms with E-state index < -0.39 is 0 Å². The average molecular weight is 692 g/mol. The Hall–Kier alpha value is -7.29. The maximum Gasteiger partial charge on any atom is 0.165 e. The summed E-state index contributed by atoms with van der Waals surface area (Å²) in [6.45, 7) is 3.99. The molecule has 0 bridgehead atoms. The highest BCUT2D eigenvalue weighted by molar-refractivity contribution is 6.14. The highest BCUT2D eigenvalue weighted by atomic mass is 15.0. The molecule has 5 nitrogen and oxygen atoms in total. The van der Waals surface area contributed by atoms with Gasteiger partial charge in [-0.05, 0) is 100 Å². The molecule has 7 aromatic carbocycles. The van der Waals surface area contributed by atoms with Crippen molar-refractivity contribution in [3.05, 3.63) is 175 Å². The Morgan fingerprint density at radius 2 is 0.907 bits per heavy atom. The molecule has 254 valence electrons. The zero-order chi connectivity index (χ0) is 36.6. The molecule has 0 fully saturated rings. The normalized spacial score (nSPS) is 11.1. The van der Waals surface area contributed by atoms with Gasteiger partial charge in [-0.15, -0.1) is 6.42 Å². The quantitative estimate of drug-likeness (QED) is 0.128. The fraction of sp³-hybridized carbons (Fsp3) is 0.0408. The summed E-state index contributed by atoms with van der Waals surface area (Å²) in [7, 11) is 0. The molecule has 0 radical (unpaired) electrons. The van der Waals surface area contributed by atoms with Gasteiger partial charge in [0.1, 0.15) is 0 Å². The minimum Gasteiger partial charge on any atom is -0.233 e. The summed E-state index contributed by atoms with van der Waals surface area (Å²) < 4.78 is 0. The second-order valence-corrected chi connectivity index (χ2v) is 13.4. The van der Waals surface area contributed by atoms with Crippen molar-refractivity contribution in [3.63, 3.8) is 0 Å². The molecule has 9 aromatic rings. The lowest BCUT2D eigenvalue weighted by molar-refractivity contribution is 1.06. The van der Waals surface area contributed by atoms with E-state index in [1.54, 1.807) is 0 Å². The molecule has 0 N–H and O–H groups in total. The van der Waals surface area contributed by atoms with Gasteiger partial charge in [0.05, 0.1) is 0 Å². The number of aromatic nitrogens is 5. The van der Waals surface area contributed by atoms with Gasteiger partial charge in [0.2, 0.25) is 0 Å². The highest BCUT2D eigenvalue weighted by Crippen LogP contribution is 2.39. The third-order valence-electron chi connectivity index (χ3n) is 9.72. The molecule has 9 rings (SSSR count). The lowest BCUT2D eigenvalue weighted by atomic mass is 9.90. The fourth-order valence-corrected chi connectivity index (χ4v) is 7.18. The molecule has 5 heteroatoms. The molecule has 0 atom stereocenters. The number of terminal acetylenes is 1. The molecule has 0 spiro atoms. The van der Waals surface area contributed by atoms with Crippen LogP contribution in [0.4, 0.5) is 0 Å². The van der Waals surface area contributed by atoms with Crippen molar-refractivity contribution in [2.45, 2.75) is 13.8 Å². The lowest BCUT2D eigenvalue weighted by Gasteiger charge is -2.15. The Morgan fingerprint density at radius 1 is 0.370 bits per heavy atom. The van der Waals surface area contributed by atoms with Crippen molar-refractivity contribution >= 4 is 21.5 Å². The van der Waals surface area contributed by atoms with Crippen molar-refractivity contribution in [1.82, 2.24) is 24.9 Å². The third-order valence-corrected chi connectivity index (χ3v) is 9.72. The largest absolute Gasteiger partial charge is 0.233 e. The molecule has 0 saturated carbocycles. The van der Waals surface area contributed by atoms with Gasteiger partial charge in [-0.1, -0.05) is 121 Å². The second kappa shape index (κ2) is 13.7. The van der Waals surface area contributed by atoms with E-state index in [1.807, 2.05) is 74.5 Å². The molecule has 0 amide bonds. The lowest BCUT2D eigenvalue weighted by Crippen LogP contribution is -2.01. The predicted octanol–water partition coefficient (Wildman–Crippen LogP) is 11.6. The number of fused-ring (bicyclic) bond motifs is 3. The summed E-state index contributed by atoms with van der Waals surface area (Å²) in [6.07, 6.45) is 5.97. The summed E-state index contributed by atoms with van der Waals surface area (Å²) in [5, 5.41) is 4.77. The Balaban J connectivity index is 1.29. The van der Waals surface area contributed by atoms with Crippen LogP contribution in [0.15, 0.2) is 158 Å². The number of aryl methyl sites for hydroxylation is 2. The van der Waals surface area contributed by atoms with Crippen LogP contribution < -0.4 is 0 Å². The first-order valence-corrected chi connectivity index (χ1v) is 17.9. The van der Waals surface area contributed by atoms with E-state index in [1.165, 1.54) is 21.5 Å². The maximum atomic E-state index is 5.97. The van der Waals surface area contributed by atoms with Gasteiger partial charge in [0.25, 0.3) is 0 Å². The van der Waals surface area contributed by atoms with Crippen molar-refractivity contribution < 1.29 is 0 Å². The van der Waals surface area contributed by atoms with E-state index in [2.05, 4.69) is 103 Å². The number of nitrogens with zero attached hydrogens (tertiary/aromatic N) is 5. The second-order valence-electron chi connectivity index (χ2n) is 13.4. The van der Waals surface area contributed by atoms with Crippen LogP contribution in [-0.4, -0.2) is 24.9 Å². The third kappa shape index (κ3) is 6.17. The Kier molecular flexibility index (Phi) is 8.26. The van der Waals surface area contributed by atoms with Gasteiger partial charge in [-0.25, -0.2) is 24.9 Å². The summed E-state index contributed by atoms with van der Waals surface area (Å²) in [5.74, 6) is 5.18. The van der Waals surface area contributed by atoms with Crippen molar-refractivity contribution in [2.75, 3.05) is 0 Å². The molecule has 54 heavy (non-hydrogen) atoms. The van der Waals surface area contributed by atoms with Crippen molar-refractivity contribution in [2.24, 2.45) is 0 Å². The van der Waals surface area contributed by atoms with E-state index in [9.17, 15) is 0 Å². The van der Waals surface area contributed by atoms with E-state index in [-0.39, 0.29) is 0 Å². The average Bonchev–Trinajstić information content (AvgIpc) is 3.23. The monoisotopic (exact) mass is 691 g/mol. The number of rotatable bonds is 6. The van der Waals surface area contributed by atoms with E-state index in [0.29, 0.717) is 17.5 Å². The molecule has 0 saturated heterocycles. The predicted molar refractivity (Wildman–Crippen MR) is 220 cm³/mol. The van der Waals surface area contributed by atoms with Crippen LogP contribution in [0.5, 0.6) is 0 Å². The van der Waals surface area contributed by atoms with Gasteiger partial charge in [0, 0.05) is 39.2 Å². The first-order chi connectivity index (χ1) is 26.5. The SMILES string of the molecule is C#Cc1ccccc1-c1nc(-c2ccccc2)nc(-c2cc(-c3ccc(-c4nc(C)cc(C)n4)cc3)cc(-c3cc4ccccc4c4ccccc34)c2)n1. The smallest absolute Gasteiger partial charge is 0.165 e. The van der Waals surface area contributed by atoms with Crippen molar-refractivity contribution in [3.8, 4) is 80.1 Å². The van der Waals surface area contributed by atoms with Gasteiger partial charge < -0.3 is 0 Å². The first-order valence-electron chi connectivity index (χ1n) is 17.9. The zero-order valence-electron chi connectivity index (χ0n) is 29.8. The summed E-state index contributed by atoms with van der Waals surface area (Å²) in [6, 6.07) is 54.3. The summed E-state index contributed by atoms with van der Waals surface area (Å²) in [4.78, 5) is 24.6. The number of hydrogen-bond donors (Lipinski definition) is 0. The first kappa shape index (κ1) is 32.6. The standard InChI is InChI=1S/C49H33N5/c1-4-33-14-8-11-19-42(33)49-53-47(35-15-6-5-7-16-35)52-48(54-49)40-28-38(34-22-24-36(25-23-34)46-50-31(2)26-32(3)51-46)27-39(29-40)45-30-37-17-9-10-18-41(37)43-20-12-13-21-44(43)45/h1,5-30H,2-3H3. The van der Waals surface area contributed by atoms with Crippen LogP contribution in [0.25, 0.3) is 89.4 Å². The molecular weight excluding hydrogens is 659 g/mol. The zero-order valence-corrected chi connectivity index (χ0v) is 29.8. The minimum absolute atomic E-state index is 0.522. The molecule has 0 aliphatic carbocycles. The van der Waals surface area contributed by atoms with Gasteiger partial charge in [-0.2, -0.15) is 0 Å². The van der Waals surface area contributed by atoms with E-state index in [4.69, 9.17) is 31.3 Å². The number of benzene rings is 7. The van der Waals surface area contributed by atoms with Crippen LogP contribution in [0.2, 0.25) is 0 Å². The molecule has 2 heterocycles. The van der Waals surface area contributed by atoms with Crippen LogP contribution >= 0.6 is 0 Å². The number of hydrogen-bond acceptors (Lipinski definition) is 5. The van der Waals surface area contributed by atoms with Gasteiger partial charge in [-0.3, -0.25) is 0 Å². The Labute approximate surface area is 314 Å². The molecule has 0 unspecified atom stereocenters. The summed E-state index contributed by atoms with van der Waals surface area (Å²) >= 11 is 0. The van der Waals surface area contributed by atoms with Crippen LogP contribution in [0, 0.1) is 26.2 Å². The molecule has 0 aliphatic rings. The van der Waals surface area contributed by atoms with Gasteiger partial charge in [0.15, 0.2) is 23.3 Å². The highest BCUT2D eigenvalue weighted by Gasteiger charge is 2.18. The molecular formula is C49H33N5. The van der Waals surface area contributed by atoms with Gasteiger partial charge >= 0.3 is 0 Å². The topological polar surface area (TPSA) is 64.5 Å². The maximum absolute atomic E-state index is 5.97. The van der Waals surface area contributed by atoms with E-state index >= 15 is 0 Å². The van der Waals surface area contributed by atoms with Crippen LogP contribution in [0.3, 0.4) is 0 Å². The molecule has 2 aromatic heterocycles. The van der Waals surface area contributed by atoms with Crippen molar-refractivity contribution in [1.29, 1.82) is 0 Å². The Morgan fingerprint density at radius 3 is 1.67 bits per heavy atom. The van der Waals surface area contributed by atoms with Crippen LogP contribution in [-0.2, 0) is 0 Å². The minimum atomic E-state index is 0.522. The van der Waals surface area contributed by atoms with Crippen LogP contribution in [0.1, 0.15) is 17.0 Å². The molecule has 0 aliphatic heterocycles. The summed E-state index contributed by atoms with van der Waals surface area (Å²) in [5.41, 5.74) is 10.4. The fourth-order valence-electron chi connectivity index (χ4n) is 7.18. The van der Waals surface area contributed by atoms with E-state index in [0.717, 1.165) is 67.3 Å².